The van der Waals surface area contributed by atoms with Crippen LogP contribution in [0.4, 0.5) is 14.6 Å². The van der Waals surface area contributed by atoms with Crippen molar-refractivity contribution in [3.8, 4) is 5.88 Å². The Balaban J connectivity index is 1.49. The summed E-state index contributed by atoms with van der Waals surface area (Å²) in [4.78, 5) is 23.9. The molecule has 0 aliphatic carbocycles. The van der Waals surface area contributed by atoms with Gasteiger partial charge in [-0.3, -0.25) is 4.79 Å². The van der Waals surface area contributed by atoms with Crippen LogP contribution in [0.15, 0.2) is 24.4 Å². The highest BCUT2D eigenvalue weighted by Crippen LogP contribution is 2.33. The first-order valence-electron chi connectivity index (χ1n) is 10.3. The lowest BCUT2D eigenvalue weighted by Crippen LogP contribution is -2.49. The van der Waals surface area contributed by atoms with Gasteiger partial charge in [-0.15, -0.1) is 10.2 Å². The summed E-state index contributed by atoms with van der Waals surface area (Å²) in [7, 11) is 0. The van der Waals surface area contributed by atoms with E-state index in [4.69, 9.17) is 15.2 Å². The van der Waals surface area contributed by atoms with E-state index in [2.05, 4.69) is 24.9 Å². The van der Waals surface area contributed by atoms with E-state index >= 15 is 0 Å². The fraction of sp³-hybridized carbons (Fsp3) is 0.381. The molecule has 0 bridgehead atoms. The molecule has 10 nitrogen and oxygen atoms in total. The number of carbonyl (C=O) groups excluding carboxylic acids is 1. The van der Waals surface area contributed by atoms with Crippen LogP contribution >= 0.6 is 0 Å². The normalized spacial score (nSPS) is 20.3. The van der Waals surface area contributed by atoms with Crippen LogP contribution in [0, 0.1) is 0 Å². The van der Waals surface area contributed by atoms with E-state index < -0.39 is 12.7 Å². The molecule has 0 saturated carbocycles. The number of fused-ring (bicyclic) bond motifs is 3. The number of amides is 1. The minimum absolute atomic E-state index is 0.175. The maximum atomic E-state index is 13.6. The molecule has 0 unspecified atom stereocenters. The van der Waals surface area contributed by atoms with E-state index in [0.717, 1.165) is 16.5 Å². The molecule has 33 heavy (non-hydrogen) atoms. The van der Waals surface area contributed by atoms with E-state index in [0.29, 0.717) is 36.8 Å². The molecular weight excluding hydrogens is 438 g/mol. The first-order chi connectivity index (χ1) is 15.9. The maximum Gasteiger partial charge on any atom is 0.388 e. The minimum atomic E-state index is -3.00. The number of aromatic nitrogens is 4. The van der Waals surface area contributed by atoms with Gasteiger partial charge in [0.1, 0.15) is 11.5 Å². The van der Waals surface area contributed by atoms with Crippen molar-refractivity contribution >= 4 is 22.6 Å². The van der Waals surface area contributed by atoms with Gasteiger partial charge in [-0.05, 0) is 24.6 Å². The number of ether oxygens (including phenoxy) is 3. The fourth-order valence-electron chi connectivity index (χ4n) is 4.17. The molecule has 0 radical (unpaired) electrons. The lowest BCUT2D eigenvalue weighted by Gasteiger charge is -2.39. The van der Waals surface area contributed by atoms with Gasteiger partial charge in [-0.2, -0.15) is 8.78 Å². The van der Waals surface area contributed by atoms with E-state index in [1.807, 2.05) is 6.92 Å². The maximum absolute atomic E-state index is 13.6. The molecule has 5 rings (SSSR count). The highest BCUT2D eigenvalue weighted by molar-refractivity contribution is 5.97. The van der Waals surface area contributed by atoms with Crippen molar-refractivity contribution in [2.75, 3.05) is 18.9 Å². The quantitative estimate of drug-likeness (QED) is 0.626. The molecule has 2 aliphatic heterocycles. The number of pyridine rings is 2. The summed E-state index contributed by atoms with van der Waals surface area (Å²) in [6.07, 6.45) is 1.52. The molecule has 2 atom stereocenters. The number of nitrogens with zero attached hydrogens (tertiary/aromatic N) is 5. The Kier molecular flexibility index (Phi) is 5.46. The third-order valence-corrected chi connectivity index (χ3v) is 5.73. The Hall–Kier alpha value is -3.51. The van der Waals surface area contributed by atoms with E-state index in [1.165, 1.54) is 18.3 Å². The van der Waals surface area contributed by atoms with Gasteiger partial charge in [0.05, 0.1) is 55.9 Å². The monoisotopic (exact) mass is 458 g/mol. The lowest BCUT2D eigenvalue weighted by atomic mass is 10.0. The summed E-state index contributed by atoms with van der Waals surface area (Å²) in [5.74, 6) is -0.233. The average molecular weight is 458 g/mol. The topological polar surface area (TPSA) is 126 Å². The van der Waals surface area contributed by atoms with Gasteiger partial charge in [-0.1, -0.05) is 0 Å². The number of nitrogens with two attached hydrogens (primary N) is 1. The van der Waals surface area contributed by atoms with E-state index in [1.54, 1.807) is 11.0 Å². The first kappa shape index (κ1) is 21.3. The Morgan fingerprint density at radius 2 is 2.03 bits per heavy atom. The first-order valence-corrected chi connectivity index (χ1v) is 10.3. The molecule has 1 amide bonds. The largest absolute Gasteiger partial charge is 0.415 e. The van der Waals surface area contributed by atoms with Gasteiger partial charge in [0.15, 0.2) is 0 Å². The standard InChI is InChI=1S/C21H20F2N6O4/c1-10-6-31-9-17(14-2-3-18(28-27-14)33-21(22)23)29(10)20(30)15-4-11-12-7-32-8-13(12)19(24)26-16(11)5-25-15/h2-5,10,17,21H,6-9H2,1H3,(H2,24,26)/t10-,17-/m1/s1. The molecule has 0 spiro atoms. The zero-order valence-corrected chi connectivity index (χ0v) is 17.6. The highest BCUT2D eigenvalue weighted by Gasteiger charge is 2.36. The van der Waals surface area contributed by atoms with Gasteiger partial charge in [0.2, 0.25) is 5.88 Å². The number of nitrogen functional groups attached to an aromatic ring is 1. The zero-order valence-electron chi connectivity index (χ0n) is 17.6. The van der Waals surface area contributed by atoms with E-state index in [-0.39, 0.29) is 30.1 Å². The molecule has 2 N–H and O–H groups in total. The van der Waals surface area contributed by atoms with Gasteiger partial charge >= 0.3 is 6.61 Å². The second-order valence-electron chi connectivity index (χ2n) is 7.82. The number of hydrogen-bond donors (Lipinski definition) is 1. The SMILES string of the molecule is C[C@@H]1COC[C@H](c2ccc(OC(F)F)nn2)N1C(=O)c1cc2c3c(c(N)nc2cn1)COC3. The highest BCUT2D eigenvalue weighted by atomic mass is 19.3. The van der Waals surface area contributed by atoms with Gasteiger partial charge < -0.3 is 24.8 Å². The van der Waals surface area contributed by atoms with E-state index in [9.17, 15) is 13.6 Å². The van der Waals surface area contributed by atoms with Crippen LogP contribution in [0.2, 0.25) is 0 Å². The number of carbonyl (C=O) groups is 1. The van der Waals surface area contributed by atoms with Crippen molar-refractivity contribution in [3.05, 3.63) is 46.9 Å². The Labute approximate surface area is 186 Å². The predicted molar refractivity (Wildman–Crippen MR) is 110 cm³/mol. The summed E-state index contributed by atoms with van der Waals surface area (Å²) in [6, 6.07) is 3.60. The third kappa shape index (κ3) is 3.91. The van der Waals surface area contributed by atoms with Gasteiger partial charge in [-0.25, -0.2) is 9.97 Å². The number of halogens is 2. The smallest absolute Gasteiger partial charge is 0.388 e. The molecular formula is C21H20F2N6O4. The predicted octanol–water partition coefficient (Wildman–Crippen LogP) is 2.24. The van der Waals surface area contributed by atoms with Crippen LogP contribution in [0.1, 0.15) is 40.3 Å². The second kappa shape index (κ2) is 8.45. The Morgan fingerprint density at radius 1 is 1.21 bits per heavy atom. The minimum Gasteiger partial charge on any atom is -0.415 e. The molecule has 3 aromatic rings. The second-order valence-corrected chi connectivity index (χ2v) is 7.82. The average Bonchev–Trinajstić information content (AvgIpc) is 3.30. The van der Waals surface area contributed by atoms with Crippen LogP contribution in [0.3, 0.4) is 0 Å². The number of anilines is 1. The number of alkyl halides is 2. The summed E-state index contributed by atoms with van der Waals surface area (Å²) in [5, 5.41) is 8.42. The molecule has 0 aromatic carbocycles. The number of rotatable bonds is 4. The van der Waals surface area contributed by atoms with Crippen molar-refractivity contribution in [2.24, 2.45) is 0 Å². The summed E-state index contributed by atoms with van der Waals surface area (Å²) < 4.78 is 40.2. The molecule has 172 valence electrons. The van der Waals surface area contributed by atoms with Gasteiger partial charge in [0, 0.05) is 17.0 Å². The molecule has 5 heterocycles. The van der Waals surface area contributed by atoms with Crippen LogP contribution in [0.25, 0.3) is 10.9 Å². The summed E-state index contributed by atoms with van der Waals surface area (Å²) in [6.45, 7) is 0.112. The zero-order chi connectivity index (χ0) is 23.1. The Morgan fingerprint density at radius 3 is 2.79 bits per heavy atom. The summed E-state index contributed by atoms with van der Waals surface area (Å²) in [5.41, 5.74) is 8.95. The van der Waals surface area contributed by atoms with Crippen molar-refractivity contribution in [3.63, 3.8) is 0 Å². The number of hydrogen-bond acceptors (Lipinski definition) is 9. The van der Waals surface area contributed by atoms with Crippen molar-refractivity contribution in [1.29, 1.82) is 0 Å². The lowest BCUT2D eigenvalue weighted by molar-refractivity contribution is -0.0538. The molecule has 2 aliphatic rings. The number of morpholine rings is 1. The van der Waals surface area contributed by atoms with Crippen molar-refractivity contribution in [2.45, 2.75) is 38.8 Å². The Bertz CT molecular complexity index is 1210. The van der Waals surface area contributed by atoms with Crippen LogP contribution in [-0.4, -0.2) is 56.8 Å². The molecule has 12 heteroatoms. The van der Waals surface area contributed by atoms with Crippen molar-refractivity contribution in [1.82, 2.24) is 25.1 Å². The third-order valence-electron chi connectivity index (χ3n) is 5.73. The molecule has 1 fully saturated rings. The van der Waals surface area contributed by atoms with Crippen LogP contribution in [-0.2, 0) is 22.7 Å². The van der Waals surface area contributed by atoms with Crippen molar-refractivity contribution < 1.29 is 27.8 Å². The summed E-state index contributed by atoms with van der Waals surface area (Å²) >= 11 is 0. The van der Waals surface area contributed by atoms with Crippen LogP contribution < -0.4 is 10.5 Å². The van der Waals surface area contributed by atoms with Crippen LogP contribution in [0.5, 0.6) is 5.88 Å². The fourth-order valence-corrected chi connectivity index (χ4v) is 4.17. The molecule has 1 saturated heterocycles. The van der Waals surface area contributed by atoms with Gasteiger partial charge in [0.25, 0.3) is 5.91 Å². The molecule has 3 aromatic heterocycles.